The normalized spacial score (nSPS) is 14.2. The number of aromatic amines is 1. The summed E-state index contributed by atoms with van der Waals surface area (Å²) in [5.74, 6) is 0.490. The summed E-state index contributed by atoms with van der Waals surface area (Å²) in [4.78, 5) is 13.4. The van der Waals surface area contributed by atoms with E-state index in [1.54, 1.807) is 13.0 Å². The lowest BCUT2D eigenvalue weighted by molar-refractivity contribution is -0.385. The average Bonchev–Trinajstić information content (AvgIpc) is 3.04. The number of benzene rings is 1. The monoisotopic (exact) mass is 346 g/mol. The lowest BCUT2D eigenvalue weighted by atomic mass is 10.00. The quantitative estimate of drug-likeness (QED) is 0.638. The third-order valence-electron chi connectivity index (χ3n) is 4.47. The molecule has 0 aliphatic carbocycles. The van der Waals surface area contributed by atoms with Gasteiger partial charge in [-0.05, 0) is 19.5 Å². The molecule has 134 valence electrons. The number of ether oxygens (including phenoxy) is 2. The highest BCUT2D eigenvalue weighted by molar-refractivity contribution is 5.73. The number of nitro benzene ring substituents is 1. The van der Waals surface area contributed by atoms with Crippen LogP contribution in [-0.2, 0) is 13.0 Å². The van der Waals surface area contributed by atoms with Crippen LogP contribution in [0, 0.1) is 10.1 Å². The van der Waals surface area contributed by atoms with E-state index in [2.05, 4.69) is 22.0 Å². The molecular weight excluding hydrogens is 324 g/mol. The van der Waals surface area contributed by atoms with Gasteiger partial charge in [0.2, 0.25) is 5.75 Å². The Bertz CT molecular complexity index is 787. The van der Waals surface area contributed by atoms with Gasteiger partial charge in [0.1, 0.15) is 0 Å². The molecule has 8 heteroatoms. The van der Waals surface area contributed by atoms with Crippen LogP contribution in [0.4, 0.5) is 5.69 Å². The highest BCUT2D eigenvalue weighted by atomic mass is 16.6. The van der Waals surface area contributed by atoms with E-state index in [1.165, 1.54) is 13.2 Å². The molecule has 0 amide bonds. The first-order valence-corrected chi connectivity index (χ1v) is 8.37. The summed E-state index contributed by atoms with van der Waals surface area (Å²) in [5, 5.41) is 19.0. The largest absolute Gasteiger partial charge is 0.493 e. The van der Waals surface area contributed by atoms with E-state index < -0.39 is 4.92 Å². The van der Waals surface area contributed by atoms with Crippen LogP contribution in [-0.4, -0.2) is 46.8 Å². The molecule has 2 heterocycles. The van der Waals surface area contributed by atoms with Crippen molar-refractivity contribution < 1.29 is 14.4 Å². The highest BCUT2D eigenvalue weighted by Crippen LogP contribution is 2.42. The third-order valence-corrected chi connectivity index (χ3v) is 4.47. The van der Waals surface area contributed by atoms with E-state index in [-0.39, 0.29) is 11.4 Å². The zero-order valence-corrected chi connectivity index (χ0v) is 14.7. The van der Waals surface area contributed by atoms with Crippen molar-refractivity contribution in [2.75, 3.05) is 26.8 Å². The summed E-state index contributed by atoms with van der Waals surface area (Å²) in [6.07, 6.45) is 0.895. The molecule has 3 rings (SSSR count). The van der Waals surface area contributed by atoms with Crippen molar-refractivity contribution in [3.05, 3.63) is 33.5 Å². The Morgan fingerprint density at radius 1 is 1.40 bits per heavy atom. The van der Waals surface area contributed by atoms with Gasteiger partial charge in [-0.3, -0.25) is 20.1 Å². The Labute approximate surface area is 145 Å². The zero-order valence-electron chi connectivity index (χ0n) is 14.7. The molecule has 0 saturated carbocycles. The summed E-state index contributed by atoms with van der Waals surface area (Å²) in [6, 6.07) is 3.26. The minimum atomic E-state index is -0.450. The number of nitrogens with one attached hydrogen (secondary N) is 1. The molecule has 1 aromatic carbocycles. The smallest absolute Gasteiger partial charge is 0.315 e. The van der Waals surface area contributed by atoms with Crippen molar-refractivity contribution in [3.63, 3.8) is 0 Å². The van der Waals surface area contributed by atoms with Crippen LogP contribution in [0.3, 0.4) is 0 Å². The maximum absolute atomic E-state index is 11.5. The molecule has 1 aliphatic heterocycles. The van der Waals surface area contributed by atoms with Gasteiger partial charge in [0.05, 0.1) is 24.3 Å². The third kappa shape index (κ3) is 3.17. The van der Waals surface area contributed by atoms with Crippen molar-refractivity contribution >= 4 is 5.69 Å². The SMILES string of the molecule is CCOc1c(OC)cc(-c2n[nH]c3c2CN(CC)CC3)cc1[N+](=O)[O-]. The van der Waals surface area contributed by atoms with E-state index in [4.69, 9.17) is 9.47 Å². The highest BCUT2D eigenvalue weighted by Gasteiger charge is 2.27. The molecule has 1 aromatic heterocycles. The van der Waals surface area contributed by atoms with Gasteiger partial charge in [0, 0.05) is 42.4 Å². The number of aromatic nitrogens is 2. The predicted molar refractivity (Wildman–Crippen MR) is 93.1 cm³/mol. The number of fused-ring (bicyclic) bond motifs is 1. The summed E-state index contributed by atoms with van der Waals surface area (Å²) in [6.45, 7) is 6.94. The van der Waals surface area contributed by atoms with Crippen LogP contribution in [0.5, 0.6) is 11.5 Å². The van der Waals surface area contributed by atoms with Gasteiger partial charge in [-0.15, -0.1) is 0 Å². The first kappa shape index (κ1) is 17.2. The van der Waals surface area contributed by atoms with Crippen LogP contribution in [0.15, 0.2) is 12.1 Å². The maximum Gasteiger partial charge on any atom is 0.315 e. The molecule has 0 unspecified atom stereocenters. The van der Waals surface area contributed by atoms with Gasteiger partial charge < -0.3 is 9.47 Å². The minimum Gasteiger partial charge on any atom is -0.493 e. The molecule has 1 N–H and O–H groups in total. The number of H-pyrrole nitrogens is 1. The summed E-state index contributed by atoms with van der Waals surface area (Å²) >= 11 is 0. The molecule has 0 saturated heterocycles. The van der Waals surface area contributed by atoms with Crippen molar-refractivity contribution in [2.24, 2.45) is 0 Å². The van der Waals surface area contributed by atoms with Gasteiger partial charge in [0.25, 0.3) is 0 Å². The molecule has 0 atom stereocenters. The fraction of sp³-hybridized carbons (Fsp3) is 0.471. The number of nitro groups is 1. The van der Waals surface area contributed by atoms with Gasteiger partial charge >= 0.3 is 5.69 Å². The van der Waals surface area contributed by atoms with E-state index in [0.717, 1.165) is 43.0 Å². The number of hydrogen-bond acceptors (Lipinski definition) is 6. The van der Waals surface area contributed by atoms with Gasteiger partial charge in [0.15, 0.2) is 5.75 Å². The molecule has 2 aromatic rings. The topological polar surface area (TPSA) is 93.5 Å². The first-order valence-electron chi connectivity index (χ1n) is 8.37. The summed E-state index contributed by atoms with van der Waals surface area (Å²) in [5.41, 5.74) is 3.46. The van der Waals surface area contributed by atoms with E-state index in [0.29, 0.717) is 17.9 Å². The Morgan fingerprint density at radius 2 is 2.20 bits per heavy atom. The molecule has 25 heavy (non-hydrogen) atoms. The van der Waals surface area contributed by atoms with Crippen LogP contribution in [0.1, 0.15) is 25.1 Å². The van der Waals surface area contributed by atoms with Gasteiger partial charge in [-0.2, -0.15) is 5.10 Å². The maximum atomic E-state index is 11.5. The molecule has 0 spiro atoms. The number of rotatable bonds is 6. The Balaban J connectivity index is 2.11. The number of nitrogens with zero attached hydrogens (tertiary/aromatic N) is 3. The summed E-state index contributed by atoms with van der Waals surface area (Å²) < 4.78 is 10.8. The fourth-order valence-corrected chi connectivity index (χ4v) is 3.16. The van der Waals surface area contributed by atoms with Crippen molar-refractivity contribution in [1.29, 1.82) is 0 Å². The lowest BCUT2D eigenvalue weighted by Gasteiger charge is -2.25. The van der Waals surface area contributed by atoms with Gasteiger partial charge in [-0.25, -0.2) is 0 Å². The van der Waals surface area contributed by atoms with E-state index in [1.807, 2.05) is 0 Å². The van der Waals surface area contributed by atoms with Gasteiger partial charge in [-0.1, -0.05) is 6.92 Å². The second kappa shape index (κ2) is 7.10. The summed E-state index contributed by atoms with van der Waals surface area (Å²) in [7, 11) is 1.48. The standard InChI is InChI=1S/C17H22N4O4/c1-4-20-7-6-13-12(10-20)16(19-18-13)11-8-14(21(22)23)17(25-5-2)15(9-11)24-3/h8-9H,4-7,10H2,1-3H3,(H,18,19). The number of hydrogen-bond donors (Lipinski definition) is 1. The number of methoxy groups -OCH3 is 1. The Hall–Kier alpha value is -2.61. The van der Waals surface area contributed by atoms with Crippen molar-refractivity contribution in [3.8, 4) is 22.8 Å². The molecule has 0 fully saturated rings. The van der Waals surface area contributed by atoms with E-state index in [9.17, 15) is 10.1 Å². The second-order valence-electron chi connectivity index (χ2n) is 5.86. The lowest BCUT2D eigenvalue weighted by Crippen LogP contribution is -2.30. The molecule has 0 bridgehead atoms. The molecule has 8 nitrogen and oxygen atoms in total. The predicted octanol–water partition coefficient (Wildman–Crippen LogP) is 2.77. The van der Waals surface area contributed by atoms with Crippen LogP contribution < -0.4 is 9.47 Å². The number of likely N-dealkylation sites (N-methyl/N-ethyl adjacent to an activating group) is 1. The Morgan fingerprint density at radius 3 is 2.84 bits per heavy atom. The first-order chi connectivity index (χ1) is 12.1. The Kier molecular flexibility index (Phi) is 4.89. The molecule has 0 radical (unpaired) electrons. The van der Waals surface area contributed by atoms with Crippen LogP contribution >= 0.6 is 0 Å². The average molecular weight is 346 g/mol. The van der Waals surface area contributed by atoms with E-state index >= 15 is 0 Å². The molecular formula is C17H22N4O4. The van der Waals surface area contributed by atoms with Crippen LogP contribution in [0.2, 0.25) is 0 Å². The zero-order chi connectivity index (χ0) is 18.0. The van der Waals surface area contributed by atoms with Crippen LogP contribution in [0.25, 0.3) is 11.3 Å². The van der Waals surface area contributed by atoms with Crippen molar-refractivity contribution in [1.82, 2.24) is 15.1 Å². The minimum absolute atomic E-state index is 0.115. The molecule has 1 aliphatic rings. The van der Waals surface area contributed by atoms with Crippen molar-refractivity contribution in [2.45, 2.75) is 26.8 Å². The fourth-order valence-electron chi connectivity index (χ4n) is 3.16. The second-order valence-corrected chi connectivity index (χ2v) is 5.86.